The zero-order valence-electron chi connectivity index (χ0n) is 9.22. The molecule has 0 bridgehead atoms. The molecule has 0 saturated carbocycles. The van der Waals surface area contributed by atoms with Crippen molar-refractivity contribution in [1.82, 2.24) is 0 Å². The molecule has 0 spiro atoms. The van der Waals surface area contributed by atoms with Crippen molar-refractivity contribution in [2.75, 3.05) is 5.73 Å². The van der Waals surface area contributed by atoms with Crippen molar-refractivity contribution in [2.24, 2.45) is 0 Å². The van der Waals surface area contributed by atoms with Crippen molar-refractivity contribution in [3.63, 3.8) is 0 Å². The number of nitrogens with two attached hydrogens (primary N) is 1. The summed E-state index contributed by atoms with van der Waals surface area (Å²) >= 11 is 0. The molecular formula is C14H15NO. The summed E-state index contributed by atoms with van der Waals surface area (Å²) < 4.78 is 0. The molecule has 2 nitrogen and oxygen atoms in total. The molecule has 2 heteroatoms. The highest BCUT2D eigenvalue weighted by Gasteiger charge is 2.12. The molecule has 0 heterocycles. The van der Waals surface area contributed by atoms with E-state index in [2.05, 4.69) is 0 Å². The number of aryl methyl sites for hydroxylation is 1. The van der Waals surface area contributed by atoms with Gasteiger partial charge in [0.25, 0.3) is 0 Å². The molecule has 2 aromatic carbocycles. The monoisotopic (exact) mass is 213 g/mol. The SMILES string of the molecule is Cc1ccc(C(O)c2ccccc2)c(N)c1. The molecule has 0 amide bonds. The van der Waals surface area contributed by atoms with E-state index in [1.54, 1.807) is 0 Å². The lowest BCUT2D eigenvalue weighted by molar-refractivity contribution is 0.221. The van der Waals surface area contributed by atoms with Gasteiger partial charge in [0.05, 0.1) is 0 Å². The van der Waals surface area contributed by atoms with Gasteiger partial charge in [-0.1, -0.05) is 42.5 Å². The summed E-state index contributed by atoms with van der Waals surface area (Å²) in [6.45, 7) is 1.98. The second-order valence-electron chi connectivity index (χ2n) is 3.95. The normalized spacial score (nSPS) is 12.4. The quantitative estimate of drug-likeness (QED) is 0.753. The summed E-state index contributed by atoms with van der Waals surface area (Å²) in [5, 5.41) is 10.2. The van der Waals surface area contributed by atoms with Crippen molar-refractivity contribution in [2.45, 2.75) is 13.0 Å². The van der Waals surface area contributed by atoms with Gasteiger partial charge in [0.1, 0.15) is 6.10 Å². The Labute approximate surface area is 95.4 Å². The summed E-state index contributed by atoms with van der Waals surface area (Å²) in [5.41, 5.74) is 9.25. The Hall–Kier alpha value is -1.80. The van der Waals surface area contributed by atoms with Crippen LogP contribution in [0.1, 0.15) is 22.8 Å². The first-order valence-electron chi connectivity index (χ1n) is 5.27. The maximum atomic E-state index is 10.2. The van der Waals surface area contributed by atoms with Gasteiger partial charge in [-0.05, 0) is 24.1 Å². The molecule has 1 atom stereocenters. The lowest BCUT2D eigenvalue weighted by Crippen LogP contribution is -2.03. The van der Waals surface area contributed by atoms with Gasteiger partial charge in [-0.25, -0.2) is 0 Å². The molecule has 0 aliphatic heterocycles. The van der Waals surface area contributed by atoms with E-state index in [1.165, 1.54) is 0 Å². The lowest BCUT2D eigenvalue weighted by atomic mass is 9.99. The lowest BCUT2D eigenvalue weighted by Gasteiger charge is -2.14. The average molecular weight is 213 g/mol. The molecule has 1 unspecified atom stereocenters. The highest BCUT2D eigenvalue weighted by molar-refractivity contribution is 5.52. The first-order chi connectivity index (χ1) is 7.68. The highest BCUT2D eigenvalue weighted by Crippen LogP contribution is 2.26. The topological polar surface area (TPSA) is 46.2 Å². The number of rotatable bonds is 2. The summed E-state index contributed by atoms with van der Waals surface area (Å²) in [7, 11) is 0. The van der Waals surface area contributed by atoms with E-state index < -0.39 is 6.10 Å². The van der Waals surface area contributed by atoms with Crippen LogP contribution in [-0.2, 0) is 0 Å². The van der Waals surface area contributed by atoms with Crippen LogP contribution in [0.15, 0.2) is 48.5 Å². The molecule has 2 aromatic rings. The van der Waals surface area contributed by atoms with Gasteiger partial charge in [-0.15, -0.1) is 0 Å². The molecular weight excluding hydrogens is 198 g/mol. The fraction of sp³-hybridized carbons (Fsp3) is 0.143. The summed E-state index contributed by atoms with van der Waals surface area (Å²) in [4.78, 5) is 0. The Morgan fingerprint density at radius 3 is 2.38 bits per heavy atom. The molecule has 82 valence electrons. The molecule has 3 N–H and O–H groups in total. The first-order valence-corrected chi connectivity index (χ1v) is 5.27. The minimum atomic E-state index is -0.651. The minimum absolute atomic E-state index is 0.636. The maximum Gasteiger partial charge on any atom is 0.106 e. The zero-order valence-corrected chi connectivity index (χ0v) is 9.22. The Kier molecular flexibility index (Phi) is 2.93. The fourth-order valence-corrected chi connectivity index (χ4v) is 1.76. The van der Waals surface area contributed by atoms with Crippen LogP contribution in [0.25, 0.3) is 0 Å². The first kappa shape index (κ1) is 10.7. The molecule has 0 aliphatic carbocycles. The van der Waals surface area contributed by atoms with Crippen LogP contribution >= 0.6 is 0 Å². The van der Waals surface area contributed by atoms with Crippen LogP contribution in [0.5, 0.6) is 0 Å². The summed E-state index contributed by atoms with van der Waals surface area (Å²) in [6.07, 6.45) is -0.651. The van der Waals surface area contributed by atoms with Crippen molar-refractivity contribution < 1.29 is 5.11 Å². The summed E-state index contributed by atoms with van der Waals surface area (Å²) in [6, 6.07) is 15.2. The Bertz CT molecular complexity index is 479. The predicted octanol–water partition coefficient (Wildman–Crippen LogP) is 2.66. The smallest absolute Gasteiger partial charge is 0.106 e. The van der Waals surface area contributed by atoms with Gasteiger partial charge >= 0.3 is 0 Å². The van der Waals surface area contributed by atoms with Crippen molar-refractivity contribution in [1.29, 1.82) is 0 Å². The number of hydrogen-bond donors (Lipinski definition) is 2. The number of nitrogen functional groups attached to an aromatic ring is 1. The van der Waals surface area contributed by atoms with Crippen LogP contribution in [0, 0.1) is 6.92 Å². The van der Waals surface area contributed by atoms with Crippen LogP contribution in [-0.4, -0.2) is 5.11 Å². The third kappa shape index (κ3) is 2.07. The average Bonchev–Trinajstić information content (AvgIpc) is 2.29. The summed E-state index contributed by atoms with van der Waals surface area (Å²) in [5.74, 6) is 0. The Balaban J connectivity index is 2.38. The van der Waals surface area contributed by atoms with Crippen LogP contribution in [0.4, 0.5) is 5.69 Å². The van der Waals surface area contributed by atoms with Gasteiger partial charge in [0.2, 0.25) is 0 Å². The number of aliphatic hydroxyl groups excluding tert-OH is 1. The van der Waals surface area contributed by atoms with E-state index >= 15 is 0 Å². The van der Waals surface area contributed by atoms with Crippen LogP contribution in [0.2, 0.25) is 0 Å². The van der Waals surface area contributed by atoms with Crippen molar-refractivity contribution in [3.05, 3.63) is 65.2 Å². The number of anilines is 1. The van der Waals surface area contributed by atoms with Crippen molar-refractivity contribution in [3.8, 4) is 0 Å². The molecule has 0 fully saturated rings. The molecule has 0 aromatic heterocycles. The molecule has 0 saturated heterocycles. The van der Waals surface area contributed by atoms with Gasteiger partial charge in [0, 0.05) is 11.3 Å². The zero-order chi connectivity index (χ0) is 11.5. The molecule has 0 radical (unpaired) electrons. The standard InChI is InChI=1S/C14H15NO/c1-10-7-8-12(13(15)9-10)14(16)11-5-3-2-4-6-11/h2-9,14,16H,15H2,1H3. The van der Waals surface area contributed by atoms with E-state index in [4.69, 9.17) is 5.73 Å². The number of benzene rings is 2. The third-order valence-corrected chi connectivity index (χ3v) is 2.65. The van der Waals surface area contributed by atoms with Crippen LogP contribution in [0.3, 0.4) is 0 Å². The van der Waals surface area contributed by atoms with E-state index in [0.29, 0.717) is 5.69 Å². The van der Waals surface area contributed by atoms with Crippen molar-refractivity contribution >= 4 is 5.69 Å². The van der Waals surface area contributed by atoms with E-state index in [9.17, 15) is 5.11 Å². The van der Waals surface area contributed by atoms with Gasteiger partial charge in [-0.2, -0.15) is 0 Å². The largest absolute Gasteiger partial charge is 0.398 e. The fourth-order valence-electron chi connectivity index (χ4n) is 1.76. The number of aliphatic hydroxyl groups is 1. The molecule has 0 aliphatic rings. The molecule has 16 heavy (non-hydrogen) atoms. The maximum absolute atomic E-state index is 10.2. The Morgan fingerprint density at radius 1 is 1.06 bits per heavy atom. The second kappa shape index (κ2) is 4.37. The van der Waals surface area contributed by atoms with Gasteiger partial charge < -0.3 is 10.8 Å². The molecule has 2 rings (SSSR count). The predicted molar refractivity (Wildman–Crippen MR) is 66.1 cm³/mol. The second-order valence-corrected chi connectivity index (χ2v) is 3.95. The number of hydrogen-bond acceptors (Lipinski definition) is 2. The Morgan fingerprint density at radius 2 is 1.75 bits per heavy atom. The third-order valence-electron chi connectivity index (χ3n) is 2.65. The minimum Gasteiger partial charge on any atom is -0.398 e. The van der Waals surface area contributed by atoms with Gasteiger partial charge in [0.15, 0.2) is 0 Å². The van der Waals surface area contributed by atoms with E-state index in [0.717, 1.165) is 16.7 Å². The van der Waals surface area contributed by atoms with Gasteiger partial charge in [-0.3, -0.25) is 0 Å². The van der Waals surface area contributed by atoms with E-state index in [-0.39, 0.29) is 0 Å². The highest BCUT2D eigenvalue weighted by atomic mass is 16.3. The van der Waals surface area contributed by atoms with E-state index in [1.807, 2.05) is 55.5 Å². The van der Waals surface area contributed by atoms with Crippen LogP contribution < -0.4 is 5.73 Å².